The summed E-state index contributed by atoms with van der Waals surface area (Å²) >= 11 is 0. The van der Waals surface area contributed by atoms with Crippen LogP contribution in [0.4, 0.5) is 13.2 Å². The molecular formula is C15H17F3N2O4. The fraction of sp³-hybridized carbons (Fsp3) is 0.667. The lowest BCUT2D eigenvalue weighted by Crippen LogP contribution is -2.51. The first-order chi connectivity index (χ1) is 11.2. The Morgan fingerprint density at radius 1 is 1.38 bits per heavy atom. The number of hydrogen-bond donors (Lipinski definition) is 1. The van der Waals surface area contributed by atoms with Crippen molar-refractivity contribution in [1.29, 1.82) is 0 Å². The number of ether oxygens (including phenoxy) is 1. The van der Waals surface area contributed by atoms with Crippen molar-refractivity contribution >= 4 is 11.9 Å². The van der Waals surface area contributed by atoms with E-state index in [2.05, 4.69) is 5.10 Å². The highest BCUT2D eigenvalue weighted by Crippen LogP contribution is 2.63. The van der Waals surface area contributed by atoms with Crippen molar-refractivity contribution in [3.8, 4) is 0 Å². The van der Waals surface area contributed by atoms with Gasteiger partial charge in [0.2, 0.25) is 0 Å². The van der Waals surface area contributed by atoms with Crippen molar-refractivity contribution in [3.63, 3.8) is 0 Å². The monoisotopic (exact) mass is 346 g/mol. The topological polar surface area (TPSA) is 81.4 Å². The molecule has 0 saturated heterocycles. The van der Waals surface area contributed by atoms with E-state index in [9.17, 15) is 22.8 Å². The van der Waals surface area contributed by atoms with Gasteiger partial charge in [0.25, 0.3) is 0 Å². The number of aromatic nitrogens is 2. The molecule has 0 amide bonds. The zero-order valence-corrected chi connectivity index (χ0v) is 13.0. The Hall–Kier alpha value is -2.06. The van der Waals surface area contributed by atoms with Gasteiger partial charge in [0.05, 0.1) is 24.8 Å². The number of carbonyl (C=O) groups is 2. The van der Waals surface area contributed by atoms with Gasteiger partial charge in [-0.05, 0) is 38.0 Å². The van der Waals surface area contributed by atoms with Crippen LogP contribution in [0, 0.1) is 11.3 Å². The molecule has 0 aromatic carbocycles. The zero-order chi connectivity index (χ0) is 17.7. The summed E-state index contributed by atoms with van der Waals surface area (Å²) in [5.74, 6) is -2.08. The first kappa shape index (κ1) is 16.8. The molecule has 1 spiro atoms. The summed E-state index contributed by atoms with van der Waals surface area (Å²) in [5, 5.41) is 12.6. The molecule has 0 aliphatic heterocycles. The van der Waals surface area contributed by atoms with Crippen LogP contribution in [0.3, 0.4) is 0 Å². The third-order valence-corrected chi connectivity index (χ3v) is 4.96. The average Bonchev–Trinajstić information content (AvgIpc) is 2.80. The van der Waals surface area contributed by atoms with Crippen molar-refractivity contribution in [2.75, 3.05) is 6.61 Å². The first-order valence-electron chi connectivity index (χ1n) is 7.71. The number of carboxylic acids is 1. The predicted octanol–water partition coefficient (Wildman–Crippen LogP) is 2.89. The molecule has 2 fully saturated rings. The molecular weight excluding hydrogens is 329 g/mol. The molecule has 3 rings (SSSR count). The van der Waals surface area contributed by atoms with Gasteiger partial charge < -0.3 is 9.84 Å². The van der Waals surface area contributed by atoms with Crippen LogP contribution in [0.15, 0.2) is 6.20 Å². The maximum atomic E-state index is 13.2. The van der Waals surface area contributed by atoms with Gasteiger partial charge in [-0.2, -0.15) is 18.3 Å². The maximum absolute atomic E-state index is 13.2. The molecule has 0 unspecified atom stereocenters. The number of carboxylic acid groups (broad SMARTS) is 1. The molecule has 1 aromatic rings. The van der Waals surface area contributed by atoms with Crippen LogP contribution in [0.25, 0.3) is 0 Å². The third kappa shape index (κ3) is 2.65. The zero-order valence-electron chi connectivity index (χ0n) is 13.0. The fourth-order valence-corrected chi connectivity index (χ4v) is 3.94. The van der Waals surface area contributed by atoms with Crippen molar-refractivity contribution in [2.24, 2.45) is 11.3 Å². The molecule has 0 bridgehead atoms. The molecule has 132 valence electrons. The van der Waals surface area contributed by atoms with E-state index < -0.39 is 29.4 Å². The largest absolute Gasteiger partial charge is 0.478 e. The van der Waals surface area contributed by atoms with Crippen LogP contribution in [0.1, 0.15) is 54.7 Å². The number of carbonyl (C=O) groups excluding carboxylic acids is 1. The van der Waals surface area contributed by atoms with E-state index >= 15 is 0 Å². The summed E-state index contributed by atoms with van der Waals surface area (Å²) in [4.78, 5) is 22.6. The second-order valence-electron chi connectivity index (χ2n) is 6.57. The van der Waals surface area contributed by atoms with E-state index in [1.54, 1.807) is 6.92 Å². The van der Waals surface area contributed by atoms with Gasteiger partial charge in [-0.25, -0.2) is 4.79 Å². The lowest BCUT2D eigenvalue weighted by Gasteiger charge is -2.56. The molecule has 2 aliphatic rings. The van der Waals surface area contributed by atoms with E-state index in [1.807, 2.05) is 0 Å². The van der Waals surface area contributed by atoms with E-state index in [-0.39, 0.29) is 17.3 Å². The molecule has 0 radical (unpaired) electrons. The molecule has 0 atom stereocenters. The van der Waals surface area contributed by atoms with Crippen molar-refractivity contribution in [3.05, 3.63) is 17.5 Å². The quantitative estimate of drug-likeness (QED) is 0.848. The number of rotatable bonds is 4. The number of alkyl halides is 3. The highest BCUT2D eigenvalue weighted by Gasteiger charge is 2.57. The van der Waals surface area contributed by atoms with Crippen LogP contribution in [0.2, 0.25) is 0 Å². The second kappa shape index (κ2) is 5.49. The van der Waals surface area contributed by atoms with Gasteiger partial charge in [-0.3, -0.25) is 9.48 Å². The minimum atomic E-state index is -4.78. The number of aromatic carboxylic acids is 1. The van der Waals surface area contributed by atoms with E-state index in [0.717, 1.165) is 10.9 Å². The average molecular weight is 346 g/mol. The Balaban J connectivity index is 1.69. The van der Waals surface area contributed by atoms with E-state index in [1.165, 1.54) is 0 Å². The highest BCUT2D eigenvalue weighted by atomic mass is 19.4. The third-order valence-electron chi connectivity index (χ3n) is 4.96. The van der Waals surface area contributed by atoms with Crippen LogP contribution in [0.5, 0.6) is 0 Å². The van der Waals surface area contributed by atoms with Crippen molar-refractivity contribution in [1.82, 2.24) is 9.78 Å². The standard InChI is InChI=1S/C15H17F3N2O4/c1-2-24-13(23)8-3-14(4-8)5-9(6-14)20-11(15(16,17)18)10(7-19-20)12(21)22/h7-9H,2-6H2,1H3,(H,21,22). The number of esters is 1. The Morgan fingerprint density at radius 2 is 2.00 bits per heavy atom. The summed E-state index contributed by atoms with van der Waals surface area (Å²) < 4.78 is 45.3. The molecule has 1 heterocycles. The van der Waals surface area contributed by atoms with Gasteiger partial charge in [-0.15, -0.1) is 0 Å². The second-order valence-corrected chi connectivity index (χ2v) is 6.57. The van der Waals surface area contributed by atoms with Crippen LogP contribution in [-0.2, 0) is 15.7 Å². The Bertz CT molecular complexity index is 669. The number of hydrogen-bond acceptors (Lipinski definition) is 4. The fourth-order valence-electron chi connectivity index (χ4n) is 3.94. The van der Waals surface area contributed by atoms with Crippen molar-refractivity contribution < 1.29 is 32.6 Å². The maximum Gasteiger partial charge on any atom is 0.433 e. The van der Waals surface area contributed by atoms with Gasteiger partial charge in [0.15, 0.2) is 5.69 Å². The minimum Gasteiger partial charge on any atom is -0.478 e. The Morgan fingerprint density at radius 3 is 2.50 bits per heavy atom. The van der Waals surface area contributed by atoms with Crippen LogP contribution >= 0.6 is 0 Å². The summed E-state index contributed by atoms with van der Waals surface area (Å²) in [6.45, 7) is 2.03. The Labute approximate surface area is 135 Å². The molecule has 24 heavy (non-hydrogen) atoms. The van der Waals surface area contributed by atoms with Gasteiger partial charge in [0.1, 0.15) is 5.56 Å². The summed E-state index contributed by atoms with van der Waals surface area (Å²) in [7, 11) is 0. The van der Waals surface area contributed by atoms with Gasteiger partial charge >= 0.3 is 18.1 Å². The van der Waals surface area contributed by atoms with Gasteiger partial charge in [0, 0.05) is 0 Å². The molecule has 9 heteroatoms. The predicted molar refractivity (Wildman–Crippen MR) is 74.2 cm³/mol. The van der Waals surface area contributed by atoms with Crippen LogP contribution in [-0.4, -0.2) is 33.4 Å². The highest BCUT2D eigenvalue weighted by molar-refractivity contribution is 5.88. The van der Waals surface area contributed by atoms with Crippen LogP contribution < -0.4 is 0 Å². The molecule has 2 aliphatic carbocycles. The van der Waals surface area contributed by atoms with E-state index in [0.29, 0.717) is 32.3 Å². The smallest absolute Gasteiger partial charge is 0.433 e. The van der Waals surface area contributed by atoms with Gasteiger partial charge in [-0.1, -0.05) is 0 Å². The van der Waals surface area contributed by atoms with Crippen molar-refractivity contribution in [2.45, 2.75) is 44.8 Å². The van der Waals surface area contributed by atoms with E-state index in [4.69, 9.17) is 9.84 Å². The SMILES string of the molecule is CCOC(=O)C1CC2(C1)CC(n1ncc(C(=O)O)c1C(F)(F)F)C2. The summed E-state index contributed by atoms with van der Waals surface area (Å²) in [6.07, 6.45) is -1.88. The molecule has 6 nitrogen and oxygen atoms in total. The minimum absolute atomic E-state index is 0.139. The lowest BCUT2D eigenvalue weighted by atomic mass is 9.50. The molecule has 2 saturated carbocycles. The Kier molecular flexibility index (Phi) is 3.84. The summed E-state index contributed by atoms with van der Waals surface area (Å²) in [5.41, 5.74) is -2.18. The lowest BCUT2D eigenvalue weighted by molar-refractivity contribution is -0.165. The normalized spacial score (nSPS) is 29.0. The first-order valence-corrected chi connectivity index (χ1v) is 7.71. The summed E-state index contributed by atoms with van der Waals surface area (Å²) in [6, 6.07) is -0.488. The molecule has 1 aromatic heterocycles. The number of nitrogens with zero attached hydrogens (tertiary/aromatic N) is 2. The molecule has 1 N–H and O–H groups in total. The number of halogens is 3.